The molecule has 1 atom stereocenters. The molecule has 2 fully saturated rings. The Labute approximate surface area is 142 Å². The number of nitrogens with zero attached hydrogens (tertiary/aromatic N) is 3. The lowest BCUT2D eigenvalue weighted by atomic mass is 10.2. The van der Waals surface area contributed by atoms with Crippen molar-refractivity contribution in [2.75, 3.05) is 50.9 Å². The number of ether oxygens (including phenoxy) is 1. The molecule has 8 nitrogen and oxygen atoms in total. The van der Waals surface area contributed by atoms with Gasteiger partial charge >= 0.3 is 0 Å². The van der Waals surface area contributed by atoms with E-state index in [9.17, 15) is 13.2 Å². The lowest BCUT2D eigenvalue weighted by Gasteiger charge is -2.26. The Morgan fingerprint density at radius 1 is 1.42 bits per heavy atom. The molecule has 3 rings (SSSR count). The predicted octanol–water partition coefficient (Wildman–Crippen LogP) is -0.387. The summed E-state index contributed by atoms with van der Waals surface area (Å²) in [5, 5.41) is 7.16. The molecular formula is C15H24N4O4S. The molecule has 0 bridgehead atoms. The maximum atomic E-state index is 12.3. The number of hydrogen-bond acceptors (Lipinski definition) is 6. The van der Waals surface area contributed by atoms with Crippen molar-refractivity contribution in [3.05, 3.63) is 17.5 Å². The van der Waals surface area contributed by atoms with Gasteiger partial charge in [0.15, 0.2) is 9.84 Å². The van der Waals surface area contributed by atoms with Crippen LogP contribution in [0.5, 0.6) is 0 Å². The third-order valence-corrected chi connectivity index (χ3v) is 6.41. The van der Waals surface area contributed by atoms with Gasteiger partial charge in [0, 0.05) is 31.9 Å². The van der Waals surface area contributed by atoms with Crippen LogP contribution in [0.1, 0.15) is 28.5 Å². The molecule has 2 saturated heterocycles. The summed E-state index contributed by atoms with van der Waals surface area (Å²) in [5.74, 6) is 0.138. The van der Waals surface area contributed by atoms with Crippen LogP contribution in [0.15, 0.2) is 6.20 Å². The van der Waals surface area contributed by atoms with E-state index >= 15 is 0 Å². The van der Waals surface area contributed by atoms with Crippen molar-refractivity contribution in [2.45, 2.75) is 19.4 Å². The van der Waals surface area contributed by atoms with Crippen LogP contribution >= 0.6 is 0 Å². The molecule has 1 aromatic heterocycles. The predicted molar refractivity (Wildman–Crippen MR) is 88.9 cm³/mol. The number of morpholine rings is 1. The Morgan fingerprint density at radius 3 is 2.83 bits per heavy atom. The fourth-order valence-electron chi connectivity index (χ4n) is 3.23. The zero-order valence-electron chi connectivity index (χ0n) is 13.9. The van der Waals surface area contributed by atoms with E-state index in [-0.39, 0.29) is 23.5 Å². The number of rotatable bonds is 5. The van der Waals surface area contributed by atoms with Gasteiger partial charge in [-0.25, -0.2) is 8.42 Å². The molecule has 0 aromatic carbocycles. The summed E-state index contributed by atoms with van der Waals surface area (Å²) < 4.78 is 30.2. The van der Waals surface area contributed by atoms with Crippen LogP contribution < -0.4 is 5.32 Å². The topological polar surface area (TPSA) is 93.5 Å². The molecule has 0 aliphatic carbocycles. The van der Waals surface area contributed by atoms with E-state index < -0.39 is 9.84 Å². The molecule has 1 aromatic rings. The van der Waals surface area contributed by atoms with E-state index in [2.05, 4.69) is 15.3 Å². The third-order valence-electron chi connectivity index (χ3n) is 4.66. The molecule has 2 aliphatic heterocycles. The molecule has 9 heteroatoms. The molecule has 0 saturated carbocycles. The normalized spacial score (nSPS) is 24.1. The molecule has 0 spiro atoms. The Kier molecular flexibility index (Phi) is 5.21. The van der Waals surface area contributed by atoms with Crippen LogP contribution in [0.2, 0.25) is 0 Å². The second kappa shape index (κ2) is 7.20. The highest BCUT2D eigenvalue weighted by atomic mass is 32.2. The smallest absolute Gasteiger partial charge is 0.254 e. The summed E-state index contributed by atoms with van der Waals surface area (Å²) >= 11 is 0. The number of sulfone groups is 1. The van der Waals surface area contributed by atoms with E-state index in [1.165, 1.54) is 6.20 Å². The van der Waals surface area contributed by atoms with Crippen molar-refractivity contribution in [2.24, 2.45) is 0 Å². The van der Waals surface area contributed by atoms with Crippen LogP contribution in [-0.4, -0.2) is 79.9 Å². The molecule has 134 valence electrons. The molecule has 1 amide bonds. The zero-order chi connectivity index (χ0) is 17.2. The van der Waals surface area contributed by atoms with E-state index in [1.807, 2.05) is 6.92 Å². The number of nitrogens with one attached hydrogen (secondary N) is 1. The molecule has 2 aliphatic rings. The summed E-state index contributed by atoms with van der Waals surface area (Å²) in [5.41, 5.74) is 1.24. The Bertz CT molecular complexity index is 694. The molecule has 24 heavy (non-hydrogen) atoms. The number of carbonyl (C=O) groups is 1. The zero-order valence-corrected chi connectivity index (χ0v) is 14.7. The second-order valence-corrected chi connectivity index (χ2v) is 8.58. The van der Waals surface area contributed by atoms with Gasteiger partial charge in [0.2, 0.25) is 0 Å². The lowest BCUT2D eigenvalue weighted by molar-refractivity contribution is 0.0383. The van der Waals surface area contributed by atoms with Crippen molar-refractivity contribution in [1.82, 2.24) is 20.0 Å². The fraction of sp³-hybridized carbons (Fsp3) is 0.733. The minimum absolute atomic E-state index is 0.105. The molecule has 1 N–H and O–H groups in total. The van der Waals surface area contributed by atoms with E-state index in [0.717, 1.165) is 38.5 Å². The SMILES string of the molecule is Cc1c(C(=O)NCCN2CCOCC2)cnn1C1CCS(=O)(=O)C1. The first-order valence-electron chi connectivity index (χ1n) is 8.29. The lowest BCUT2D eigenvalue weighted by Crippen LogP contribution is -2.41. The van der Waals surface area contributed by atoms with Crippen molar-refractivity contribution in [3.63, 3.8) is 0 Å². The largest absolute Gasteiger partial charge is 0.379 e. The average Bonchev–Trinajstić information content (AvgIpc) is 3.10. The third kappa shape index (κ3) is 3.96. The Hall–Kier alpha value is -1.45. The quantitative estimate of drug-likeness (QED) is 0.773. The van der Waals surface area contributed by atoms with E-state index in [1.54, 1.807) is 4.68 Å². The number of carbonyl (C=O) groups excluding carboxylic acids is 1. The van der Waals surface area contributed by atoms with Crippen LogP contribution in [0.4, 0.5) is 0 Å². The Balaban J connectivity index is 1.55. The summed E-state index contributed by atoms with van der Waals surface area (Å²) in [6, 6.07) is -0.162. The first-order chi connectivity index (χ1) is 11.5. The highest BCUT2D eigenvalue weighted by Crippen LogP contribution is 2.25. The summed E-state index contributed by atoms with van der Waals surface area (Å²) in [6.07, 6.45) is 2.09. The van der Waals surface area contributed by atoms with Crippen molar-refractivity contribution < 1.29 is 17.9 Å². The van der Waals surface area contributed by atoms with Gasteiger partial charge in [-0.2, -0.15) is 5.10 Å². The van der Waals surface area contributed by atoms with Crippen LogP contribution in [-0.2, 0) is 14.6 Å². The van der Waals surface area contributed by atoms with Gasteiger partial charge in [-0.1, -0.05) is 0 Å². The minimum Gasteiger partial charge on any atom is -0.379 e. The van der Waals surface area contributed by atoms with Gasteiger partial charge in [0.25, 0.3) is 5.91 Å². The molecule has 3 heterocycles. The Morgan fingerprint density at radius 2 is 2.17 bits per heavy atom. The maximum Gasteiger partial charge on any atom is 0.254 e. The van der Waals surface area contributed by atoms with Gasteiger partial charge in [-0.15, -0.1) is 0 Å². The first-order valence-corrected chi connectivity index (χ1v) is 10.1. The molecule has 0 radical (unpaired) electrons. The number of amides is 1. The molecular weight excluding hydrogens is 332 g/mol. The van der Waals surface area contributed by atoms with Crippen LogP contribution in [0, 0.1) is 6.92 Å². The summed E-state index contributed by atoms with van der Waals surface area (Å²) in [6.45, 7) is 6.44. The number of aromatic nitrogens is 2. The van der Waals surface area contributed by atoms with Gasteiger partial charge in [-0.3, -0.25) is 14.4 Å². The summed E-state index contributed by atoms with van der Waals surface area (Å²) in [7, 11) is -2.98. The van der Waals surface area contributed by atoms with Gasteiger partial charge in [-0.05, 0) is 13.3 Å². The average molecular weight is 356 g/mol. The number of hydrogen-bond donors (Lipinski definition) is 1. The first kappa shape index (κ1) is 17.4. The summed E-state index contributed by atoms with van der Waals surface area (Å²) in [4.78, 5) is 14.6. The van der Waals surface area contributed by atoms with E-state index in [0.29, 0.717) is 18.5 Å². The van der Waals surface area contributed by atoms with Gasteiger partial charge < -0.3 is 10.1 Å². The highest BCUT2D eigenvalue weighted by molar-refractivity contribution is 7.91. The standard InChI is InChI=1S/C15H24N4O4S/c1-12-14(10-17-19(12)13-2-9-24(21,22)11-13)15(20)16-3-4-18-5-7-23-8-6-18/h10,13H,2-9,11H2,1H3,(H,16,20). The van der Waals surface area contributed by atoms with Crippen molar-refractivity contribution >= 4 is 15.7 Å². The monoisotopic (exact) mass is 356 g/mol. The van der Waals surface area contributed by atoms with E-state index in [4.69, 9.17) is 4.74 Å². The van der Waals surface area contributed by atoms with Gasteiger partial charge in [0.1, 0.15) is 0 Å². The van der Waals surface area contributed by atoms with Gasteiger partial charge in [0.05, 0.1) is 42.5 Å². The van der Waals surface area contributed by atoms with Crippen LogP contribution in [0.3, 0.4) is 0 Å². The highest BCUT2D eigenvalue weighted by Gasteiger charge is 2.31. The van der Waals surface area contributed by atoms with Crippen molar-refractivity contribution in [1.29, 1.82) is 0 Å². The van der Waals surface area contributed by atoms with Crippen molar-refractivity contribution in [3.8, 4) is 0 Å². The fourth-order valence-corrected chi connectivity index (χ4v) is 4.92. The maximum absolute atomic E-state index is 12.3. The minimum atomic E-state index is -2.98. The molecule has 1 unspecified atom stereocenters. The second-order valence-electron chi connectivity index (χ2n) is 6.35. The van der Waals surface area contributed by atoms with Crippen LogP contribution in [0.25, 0.3) is 0 Å².